The predicted octanol–water partition coefficient (Wildman–Crippen LogP) is 0.944. The third-order valence-corrected chi connectivity index (χ3v) is 2.46. The molecule has 17 heavy (non-hydrogen) atoms. The van der Waals surface area contributed by atoms with Gasteiger partial charge in [0.05, 0.1) is 12.5 Å². The van der Waals surface area contributed by atoms with Gasteiger partial charge in [0, 0.05) is 26.3 Å². The fraction of sp³-hybridized carbons (Fsp3) is 0.545. The Hall–Kier alpha value is -1.87. The first-order valence-electron chi connectivity index (χ1n) is 5.30. The van der Waals surface area contributed by atoms with Crippen LogP contribution in [-0.4, -0.2) is 30.2 Å². The number of nitrogen functional groups attached to an aromatic ring is 1. The lowest BCUT2D eigenvalue weighted by atomic mass is 10.2. The van der Waals surface area contributed by atoms with Gasteiger partial charge in [0.15, 0.2) is 5.82 Å². The van der Waals surface area contributed by atoms with Crippen LogP contribution in [0.25, 0.3) is 0 Å². The Labute approximate surface area is 101 Å². The number of hydrogen-bond acceptors (Lipinski definition) is 6. The summed E-state index contributed by atoms with van der Waals surface area (Å²) < 4.78 is 4.97. The Bertz CT molecular complexity index is 415. The highest BCUT2D eigenvalue weighted by Gasteiger charge is 2.12. The zero-order valence-corrected chi connectivity index (χ0v) is 10.3. The minimum absolute atomic E-state index is 0.0738. The average molecular weight is 235 g/mol. The van der Waals surface area contributed by atoms with Gasteiger partial charge in [-0.05, 0) is 6.92 Å². The molecule has 6 nitrogen and oxygen atoms in total. The number of anilines is 2. The van der Waals surface area contributed by atoms with Crippen molar-refractivity contribution in [3.8, 4) is 6.07 Å². The van der Waals surface area contributed by atoms with E-state index < -0.39 is 0 Å². The molecular weight excluding hydrogens is 218 g/mol. The van der Waals surface area contributed by atoms with Crippen LogP contribution < -0.4 is 10.6 Å². The van der Waals surface area contributed by atoms with E-state index in [1.54, 1.807) is 13.2 Å². The molecule has 0 amide bonds. The molecule has 1 heterocycles. The standard InChI is InChI=1S/C11H17N5O/c1-8(4-5-12)16(2)11-6-9(13)14-10(15-11)7-17-3/h6,8H,4,7H2,1-3H3,(H2,13,14,15). The van der Waals surface area contributed by atoms with E-state index >= 15 is 0 Å². The van der Waals surface area contributed by atoms with Crippen LogP contribution in [0.4, 0.5) is 11.6 Å². The van der Waals surface area contributed by atoms with E-state index in [4.69, 9.17) is 15.7 Å². The lowest BCUT2D eigenvalue weighted by Crippen LogP contribution is -2.29. The second-order valence-electron chi connectivity index (χ2n) is 3.82. The first kappa shape index (κ1) is 13.2. The normalized spacial score (nSPS) is 11.9. The maximum absolute atomic E-state index is 8.67. The zero-order valence-electron chi connectivity index (χ0n) is 10.3. The Morgan fingerprint density at radius 3 is 2.88 bits per heavy atom. The van der Waals surface area contributed by atoms with Gasteiger partial charge in [-0.2, -0.15) is 5.26 Å². The summed E-state index contributed by atoms with van der Waals surface area (Å²) in [5, 5.41) is 8.67. The Morgan fingerprint density at radius 2 is 2.29 bits per heavy atom. The van der Waals surface area contributed by atoms with E-state index in [0.717, 1.165) is 0 Å². The van der Waals surface area contributed by atoms with Crippen LogP contribution in [0.15, 0.2) is 6.07 Å². The molecular formula is C11H17N5O. The minimum atomic E-state index is 0.0738. The van der Waals surface area contributed by atoms with Crippen LogP contribution in [0, 0.1) is 11.3 Å². The van der Waals surface area contributed by atoms with Crippen LogP contribution in [0.5, 0.6) is 0 Å². The quantitative estimate of drug-likeness (QED) is 0.817. The van der Waals surface area contributed by atoms with Crippen molar-refractivity contribution in [1.82, 2.24) is 9.97 Å². The van der Waals surface area contributed by atoms with Crippen molar-refractivity contribution in [1.29, 1.82) is 5.26 Å². The monoisotopic (exact) mass is 235 g/mol. The van der Waals surface area contributed by atoms with E-state index in [2.05, 4.69) is 16.0 Å². The summed E-state index contributed by atoms with van der Waals surface area (Å²) in [6.07, 6.45) is 0.431. The molecule has 1 unspecified atom stereocenters. The van der Waals surface area contributed by atoms with Crippen molar-refractivity contribution in [3.63, 3.8) is 0 Å². The van der Waals surface area contributed by atoms with E-state index in [1.165, 1.54) is 0 Å². The van der Waals surface area contributed by atoms with Gasteiger partial charge in [-0.25, -0.2) is 9.97 Å². The molecule has 1 atom stereocenters. The third-order valence-electron chi connectivity index (χ3n) is 2.46. The first-order chi connectivity index (χ1) is 8.08. The molecule has 0 aliphatic carbocycles. The number of methoxy groups -OCH3 is 1. The molecule has 92 valence electrons. The van der Waals surface area contributed by atoms with E-state index in [9.17, 15) is 0 Å². The lowest BCUT2D eigenvalue weighted by molar-refractivity contribution is 0.178. The molecule has 0 bridgehead atoms. The maximum Gasteiger partial charge on any atom is 0.158 e. The predicted molar refractivity (Wildman–Crippen MR) is 65.3 cm³/mol. The Balaban J connectivity index is 2.93. The van der Waals surface area contributed by atoms with Crippen molar-refractivity contribution < 1.29 is 4.74 Å². The molecule has 0 saturated carbocycles. The van der Waals surface area contributed by atoms with Crippen molar-refractivity contribution in [2.24, 2.45) is 0 Å². The summed E-state index contributed by atoms with van der Waals surface area (Å²) in [5.74, 6) is 1.64. The number of nitriles is 1. The van der Waals surface area contributed by atoms with Gasteiger partial charge < -0.3 is 15.4 Å². The number of ether oxygens (including phenoxy) is 1. The van der Waals surface area contributed by atoms with Crippen LogP contribution in [0.3, 0.4) is 0 Å². The van der Waals surface area contributed by atoms with Gasteiger partial charge >= 0.3 is 0 Å². The van der Waals surface area contributed by atoms with Crippen LogP contribution in [0.2, 0.25) is 0 Å². The van der Waals surface area contributed by atoms with E-state index in [0.29, 0.717) is 30.5 Å². The van der Waals surface area contributed by atoms with Crippen molar-refractivity contribution in [2.45, 2.75) is 26.0 Å². The molecule has 0 aromatic carbocycles. The molecule has 1 rings (SSSR count). The zero-order chi connectivity index (χ0) is 12.8. The summed E-state index contributed by atoms with van der Waals surface area (Å²) in [5.41, 5.74) is 5.70. The molecule has 0 saturated heterocycles. The van der Waals surface area contributed by atoms with Crippen LogP contribution >= 0.6 is 0 Å². The summed E-state index contributed by atoms with van der Waals surface area (Å²) in [6.45, 7) is 2.27. The van der Waals surface area contributed by atoms with Gasteiger partial charge in [0.25, 0.3) is 0 Å². The van der Waals surface area contributed by atoms with E-state index in [-0.39, 0.29) is 6.04 Å². The number of rotatable bonds is 5. The second kappa shape index (κ2) is 6.01. The summed E-state index contributed by atoms with van der Waals surface area (Å²) in [7, 11) is 3.45. The fourth-order valence-corrected chi connectivity index (χ4v) is 1.37. The minimum Gasteiger partial charge on any atom is -0.384 e. The topological polar surface area (TPSA) is 88.1 Å². The van der Waals surface area contributed by atoms with Crippen molar-refractivity contribution >= 4 is 11.6 Å². The molecule has 1 aromatic rings. The van der Waals surface area contributed by atoms with Gasteiger partial charge in [-0.15, -0.1) is 0 Å². The Morgan fingerprint density at radius 1 is 1.59 bits per heavy atom. The highest BCUT2D eigenvalue weighted by molar-refractivity contribution is 5.47. The third kappa shape index (κ3) is 3.57. The lowest BCUT2D eigenvalue weighted by Gasteiger charge is -2.24. The average Bonchev–Trinajstić information content (AvgIpc) is 2.28. The molecule has 1 aromatic heterocycles. The molecule has 0 aliphatic rings. The number of nitrogens with two attached hydrogens (primary N) is 1. The van der Waals surface area contributed by atoms with Crippen molar-refractivity contribution in [3.05, 3.63) is 11.9 Å². The highest BCUT2D eigenvalue weighted by atomic mass is 16.5. The van der Waals surface area contributed by atoms with Gasteiger partial charge in [0.1, 0.15) is 18.2 Å². The SMILES string of the molecule is COCc1nc(N)cc(N(C)C(C)CC#N)n1. The Kier molecular flexibility index (Phi) is 4.67. The molecule has 0 fully saturated rings. The fourth-order valence-electron chi connectivity index (χ4n) is 1.37. The molecule has 0 radical (unpaired) electrons. The van der Waals surface area contributed by atoms with Gasteiger partial charge in [-0.3, -0.25) is 0 Å². The number of aromatic nitrogens is 2. The number of hydrogen-bond donors (Lipinski definition) is 1. The largest absolute Gasteiger partial charge is 0.384 e. The summed E-state index contributed by atoms with van der Waals surface area (Å²) in [4.78, 5) is 10.3. The van der Waals surface area contributed by atoms with E-state index in [1.807, 2.05) is 18.9 Å². The summed E-state index contributed by atoms with van der Waals surface area (Å²) in [6, 6.07) is 3.89. The van der Waals surface area contributed by atoms with Crippen LogP contribution in [-0.2, 0) is 11.3 Å². The second-order valence-corrected chi connectivity index (χ2v) is 3.82. The molecule has 0 aliphatic heterocycles. The smallest absolute Gasteiger partial charge is 0.158 e. The number of nitrogens with zero attached hydrogens (tertiary/aromatic N) is 4. The first-order valence-corrected chi connectivity index (χ1v) is 5.30. The van der Waals surface area contributed by atoms with Gasteiger partial charge in [0.2, 0.25) is 0 Å². The summed E-state index contributed by atoms with van der Waals surface area (Å²) >= 11 is 0. The highest BCUT2D eigenvalue weighted by Crippen LogP contribution is 2.16. The van der Waals surface area contributed by atoms with Crippen LogP contribution in [0.1, 0.15) is 19.2 Å². The molecule has 0 spiro atoms. The molecule has 2 N–H and O–H groups in total. The van der Waals surface area contributed by atoms with Crippen molar-refractivity contribution in [2.75, 3.05) is 24.8 Å². The van der Waals surface area contributed by atoms with Gasteiger partial charge in [-0.1, -0.05) is 0 Å². The molecule has 6 heteroatoms. The maximum atomic E-state index is 8.67.